The summed E-state index contributed by atoms with van der Waals surface area (Å²) in [5.41, 5.74) is 5.78. The van der Waals surface area contributed by atoms with Gasteiger partial charge in [0, 0.05) is 12.6 Å². The van der Waals surface area contributed by atoms with Gasteiger partial charge in [-0.15, -0.1) is 0 Å². The van der Waals surface area contributed by atoms with Crippen molar-refractivity contribution in [3.8, 4) is 5.75 Å². The molecule has 9 heteroatoms. The molecule has 0 heterocycles. The average molecular weight is 317 g/mol. The summed E-state index contributed by atoms with van der Waals surface area (Å²) in [6.45, 7) is 0.435. The first-order valence-corrected chi connectivity index (χ1v) is 7.61. The van der Waals surface area contributed by atoms with Gasteiger partial charge in [0.05, 0.1) is 19.9 Å². The molecule has 0 aliphatic rings. The number of nitrogens with two attached hydrogens (primary N) is 1. The molecule has 1 aromatic carbocycles. The number of benzene rings is 1. The van der Waals surface area contributed by atoms with Crippen molar-refractivity contribution < 1.29 is 22.7 Å². The molecule has 0 atom stereocenters. The van der Waals surface area contributed by atoms with Crippen molar-refractivity contribution in [2.24, 2.45) is 5.73 Å². The largest absolute Gasteiger partial charge is 0.497 e. The lowest BCUT2D eigenvalue weighted by atomic mass is 10.3. The predicted octanol–water partition coefficient (Wildman–Crippen LogP) is 0.451. The molecule has 0 aliphatic heterocycles. The van der Waals surface area contributed by atoms with E-state index in [-0.39, 0.29) is 6.54 Å². The minimum atomic E-state index is -4.09. The van der Waals surface area contributed by atoms with Crippen LogP contribution >= 0.6 is 0 Å². The molecule has 0 bridgehead atoms. The smallest absolute Gasteiger partial charge is 0.422 e. The highest BCUT2D eigenvalue weighted by Crippen LogP contribution is 2.23. The Morgan fingerprint density at radius 2 is 2.10 bits per heavy atom. The van der Waals surface area contributed by atoms with E-state index in [0.29, 0.717) is 24.4 Å². The zero-order chi connectivity index (χ0) is 15.9. The number of nitrogens with zero attached hydrogens (tertiary/aromatic N) is 1. The highest BCUT2D eigenvalue weighted by molar-refractivity contribution is 7.91. The molecule has 0 unspecified atom stereocenters. The van der Waals surface area contributed by atoms with E-state index in [4.69, 9.17) is 10.5 Å². The molecule has 3 N–H and O–H groups in total. The number of rotatable bonds is 7. The summed E-state index contributed by atoms with van der Waals surface area (Å²) in [6.07, 6.45) is -0.630. The molecule has 1 rings (SSSR count). The number of hydrogen-bond acceptors (Lipinski definition) is 6. The normalized spacial score (nSPS) is 10.8. The van der Waals surface area contributed by atoms with Crippen LogP contribution in [0.2, 0.25) is 0 Å². The van der Waals surface area contributed by atoms with Gasteiger partial charge in [-0.1, -0.05) is 6.07 Å². The lowest BCUT2D eigenvalue weighted by molar-refractivity contribution is 0.177. The second-order valence-electron chi connectivity index (χ2n) is 4.01. The zero-order valence-electron chi connectivity index (χ0n) is 11.9. The van der Waals surface area contributed by atoms with Crippen LogP contribution in [0.3, 0.4) is 0 Å². The van der Waals surface area contributed by atoms with Gasteiger partial charge in [-0.25, -0.2) is 9.52 Å². The molecule has 0 spiro atoms. The van der Waals surface area contributed by atoms with Crippen molar-refractivity contribution in [2.75, 3.05) is 31.6 Å². The molecule has 118 valence electrons. The van der Waals surface area contributed by atoms with Crippen LogP contribution in [0.4, 0.5) is 10.5 Å². The summed E-state index contributed by atoms with van der Waals surface area (Å²) in [6, 6.07) is 6.48. The summed E-state index contributed by atoms with van der Waals surface area (Å²) in [5.74, 6) is 0.499. The van der Waals surface area contributed by atoms with E-state index in [0.717, 1.165) is 11.4 Å². The van der Waals surface area contributed by atoms with Gasteiger partial charge in [-0.05, 0) is 25.1 Å². The van der Waals surface area contributed by atoms with E-state index in [2.05, 4.69) is 4.74 Å². The van der Waals surface area contributed by atoms with Crippen LogP contribution < -0.4 is 19.5 Å². The first kappa shape index (κ1) is 17.1. The van der Waals surface area contributed by atoms with Crippen LogP contribution in [0.1, 0.15) is 6.42 Å². The monoisotopic (exact) mass is 317 g/mol. The Bertz CT molecular complexity index is 576. The summed E-state index contributed by atoms with van der Waals surface area (Å²) < 4.78 is 36.7. The van der Waals surface area contributed by atoms with Gasteiger partial charge in [0.2, 0.25) is 0 Å². The molecule has 0 saturated carbocycles. The molecular formula is C12H19N3O5S. The first-order chi connectivity index (χ1) is 9.94. The molecule has 21 heavy (non-hydrogen) atoms. The van der Waals surface area contributed by atoms with E-state index >= 15 is 0 Å². The van der Waals surface area contributed by atoms with Gasteiger partial charge in [0.15, 0.2) is 0 Å². The molecule has 1 amide bonds. The maximum atomic E-state index is 12.2. The molecule has 0 aliphatic carbocycles. The van der Waals surface area contributed by atoms with Gasteiger partial charge < -0.3 is 15.2 Å². The Morgan fingerprint density at radius 3 is 2.67 bits per heavy atom. The SMILES string of the molecule is COC(=O)NS(=O)(=O)N(CCCN)c1cccc(OC)c1. The lowest BCUT2D eigenvalue weighted by Gasteiger charge is -2.24. The van der Waals surface area contributed by atoms with Crippen molar-refractivity contribution in [2.45, 2.75) is 6.42 Å². The second kappa shape index (κ2) is 7.70. The van der Waals surface area contributed by atoms with E-state index in [1.54, 1.807) is 29.0 Å². The van der Waals surface area contributed by atoms with Crippen LogP contribution in [-0.2, 0) is 14.9 Å². The van der Waals surface area contributed by atoms with Gasteiger partial charge in [0.25, 0.3) is 0 Å². The Balaban J connectivity index is 3.12. The van der Waals surface area contributed by atoms with E-state index in [9.17, 15) is 13.2 Å². The molecular weight excluding hydrogens is 298 g/mol. The van der Waals surface area contributed by atoms with E-state index in [1.807, 2.05) is 0 Å². The number of carbonyl (C=O) groups excluding carboxylic acids is 1. The van der Waals surface area contributed by atoms with Crippen molar-refractivity contribution in [1.82, 2.24) is 4.72 Å². The number of methoxy groups -OCH3 is 2. The number of amides is 1. The van der Waals surface area contributed by atoms with Gasteiger partial charge >= 0.3 is 16.3 Å². The molecule has 0 radical (unpaired) electrons. The standard InChI is InChI=1S/C12H19N3O5S/c1-19-11-6-3-5-10(9-11)15(8-4-7-13)21(17,18)14-12(16)20-2/h3,5-6,9H,4,7-8,13H2,1-2H3,(H,14,16). The van der Waals surface area contributed by atoms with E-state index < -0.39 is 16.3 Å². The number of anilines is 1. The molecule has 0 saturated heterocycles. The first-order valence-electron chi connectivity index (χ1n) is 6.17. The fourth-order valence-corrected chi connectivity index (χ4v) is 2.76. The maximum Gasteiger partial charge on any atom is 0.422 e. The summed E-state index contributed by atoms with van der Waals surface area (Å²) in [5, 5.41) is 0. The Kier molecular flexibility index (Phi) is 6.25. The topological polar surface area (TPSA) is 111 Å². The third-order valence-electron chi connectivity index (χ3n) is 2.59. The fraction of sp³-hybridized carbons (Fsp3) is 0.417. The molecule has 8 nitrogen and oxygen atoms in total. The maximum absolute atomic E-state index is 12.2. The van der Waals surface area contributed by atoms with Crippen molar-refractivity contribution in [1.29, 1.82) is 0 Å². The van der Waals surface area contributed by atoms with E-state index in [1.165, 1.54) is 7.11 Å². The average Bonchev–Trinajstić information content (AvgIpc) is 2.47. The Morgan fingerprint density at radius 1 is 1.38 bits per heavy atom. The Labute approximate surface area is 124 Å². The highest BCUT2D eigenvalue weighted by atomic mass is 32.2. The predicted molar refractivity (Wildman–Crippen MR) is 78.5 cm³/mol. The van der Waals surface area contributed by atoms with Crippen LogP contribution in [0, 0.1) is 0 Å². The zero-order valence-corrected chi connectivity index (χ0v) is 12.7. The molecule has 1 aromatic rings. The highest BCUT2D eigenvalue weighted by Gasteiger charge is 2.25. The number of ether oxygens (including phenoxy) is 2. The third-order valence-corrected chi connectivity index (χ3v) is 3.99. The van der Waals surface area contributed by atoms with Gasteiger partial charge in [0.1, 0.15) is 5.75 Å². The Hall–Kier alpha value is -2.00. The van der Waals surface area contributed by atoms with Crippen molar-refractivity contribution in [3.63, 3.8) is 0 Å². The van der Waals surface area contributed by atoms with Crippen LogP contribution in [0.15, 0.2) is 24.3 Å². The number of hydrogen-bond donors (Lipinski definition) is 2. The summed E-state index contributed by atoms with van der Waals surface area (Å²) in [4.78, 5) is 11.2. The second-order valence-corrected chi connectivity index (χ2v) is 5.61. The van der Waals surface area contributed by atoms with Crippen LogP contribution in [0.5, 0.6) is 5.75 Å². The number of nitrogens with one attached hydrogen (secondary N) is 1. The lowest BCUT2D eigenvalue weighted by Crippen LogP contribution is -2.44. The minimum absolute atomic E-state index is 0.121. The molecule has 0 aromatic heterocycles. The van der Waals surface area contributed by atoms with Crippen molar-refractivity contribution in [3.05, 3.63) is 24.3 Å². The quantitative estimate of drug-likeness (QED) is 0.755. The van der Waals surface area contributed by atoms with Gasteiger partial charge in [-0.3, -0.25) is 4.31 Å². The van der Waals surface area contributed by atoms with Crippen LogP contribution in [0.25, 0.3) is 0 Å². The van der Waals surface area contributed by atoms with Gasteiger partial charge in [-0.2, -0.15) is 8.42 Å². The fourth-order valence-electron chi connectivity index (χ4n) is 1.59. The number of carbonyl (C=O) groups is 1. The summed E-state index contributed by atoms with van der Waals surface area (Å²) in [7, 11) is -1.53. The third kappa shape index (κ3) is 4.80. The minimum Gasteiger partial charge on any atom is -0.497 e. The van der Waals surface area contributed by atoms with Crippen LogP contribution in [-0.4, -0.2) is 41.8 Å². The summed E-state index contributed by atoms with van der Waals surface area (Å²) >= 11 is 0. The van der Waals surface area contributed by atoms with Crippen molar-refractivity contribution >= 4 is 22.0 Å². The molecule has 0 fully saturated rings.